The summed E-state index contributed by atoms with van der Waals surface area (Å²) in [5, 5.41) is 3.15. The molecule has 1 aromatic heterocycles. The first-order valence-electron chi connectivity index (χ1n) is 7.04. The van der Waals surface area contributed by atoms with Gasteiger partial charge in [0.05, 0.1) is 11.4 Å². The molecule has 1 aromatic rings. The third-order valence-electron chi connectivity index (χ3n) is 4.09. The summed E-state index contributed by atoms with van der Waals surface area (Å²) in [6, 6.07) is 7.02. The molecule has 0 amide bonds. The zero-order chi connectivity index (χ0) is 13.0. The SMILES string of the molecule is CNCc1cccc(CN2CCCC(C)C2C)n1. The smallest absolute Gasteiger partial charge is 0.0547 e. The molecule has 0 spiro atoms. The average molecular weight is 247 g/mol. The Labute approximate surface area is 111 Å². The molecule has 0 radical (unpaired) electrons. The van der Waals surface area contributed by atoms with E-state index in [4.69, 9.17) is 4.98 Å². The van der Waals surface area contributed by atoms with Gasteiger partial charge in [-0.1, -0.05) is 13.0 Å². The van der Waals surface area contributed by atoms with Crippen LogP contribution in [0.4, 0.5) is 0 Å². The first-order chi connectivity index (χ1) is 8.70. The average Bonchev–Trinajstić information content (AvgIpc) is 2.36. The fourth-order valence-corrected chi connectivity index (χ4v) is 2.75. The molecule has 2 heterocycles. The quantitative estimate of drug-likeness (QED) is 0.885. The number of piperidine rings is 1. The molecule has 2 atom stereocenters. The van der Waals surface area contributed by atoms with Crippen molar-refractivity contribution >= 4 is 0 Å². The summed E-state index contributed by atoms with van der Waals surface area (Å²) >= 11 is 0. The highest BCUT2D eigenvalue weighted by molar-refractivity contribution is 5.11. The predicted molar refractivity (Wildman–Crippen MR) is 75.3 cm³/mol. The highest BCUT2D eigenvalue weighted by Crippen LogP contribution is 2.24. The molecule has 2 rings (SSSR count). The number of rotatable bonds is 4. The monoisotopic (exact) mass is 247 g/mol. The zero-order valence-electron chi connectivity index (χ0n) is 11.8. The minimum Gasteiger partial charge on any atom is -0.314 e. The number of nitrogens with zero attached hydrogens (tertiary/aromatic N) is 2. The van der Waals surface area contributed by atoms with Gasteiger partial charge in [0.25, 0.3) is 0 Å². The molecule has 2 unspecified atom stereocenters. The van der Waals surface area contributed by atoms with E-state index >= 15 is 0 Å². The molecule has 3 heteroatoms. The predicted octanol–water partition coefficient (Wildman–Crippen LogP) is 2.42. The lowest BCUT2D eigenvalue weighted by Gasteiger charge is -2.37. The minimum absolute atomic E-state index is 0.675. The van der Waals surface area contributed by atoms with Crippen molar-refractivity contribution in [2.24, 2.45) is 5.92 Å². The Bertz CT molecular complexity index is 378. The topological polar surface area (TPSA) is 28.2 Å². The Morgan fingerprint density at radius 2 is 2.11 bits per heavy atom. The Hall–Kier alpha value is -0.930. The Balaban J connectivity index is 2.01. The van der Waals surface area contributed by atoms with Gasteiger partial charge in [0.15, 0.2) is 0 Å². The maximum absolute atomic E-state index is 4.71. The molecule has 100 valence electrons. The highest BCUT2D eigenvalue weighted by Gasteiger charge is 2.24. The van der Waals surface area contributed by atoms with Crippen LogP contribution in [0.2, 0.25) is 0 Å². The molecular formula is C15H25N3. The van der Waals surface area contributed by atoms with Crippen molar-refractivity contribution in [3.63, 3.8) is 0 Å². The van der Waals surface area contributed by atoms with Crippen LogP contribution in [0.25, 0.3) is 0 Å². The van der Waals surface area contributed by atoms with E-state index in [-0.39, 0.29) is 0 Å². The van der Waals surface area contributed by atoms with E-state index in [1.165, 1.54) is 25.1 Å². The van der Waals surface area contributed by atoms with Gasteiger partial charge >= 0.3 is 0 Å². The maximum atomic E-state index is 4.71. The van der Waals surface area contributed by atoms with E-state index < -0.39 is 0 Å². The first-order valence-corrected chi connectivity index (χ1v) is 7.04. The van der Waals surface area contributed by atoms with Crippen LogP contribution < -0.4 is 5.32 Å². The third kappa shape index (κ3) is 3.30. The second kappa shape index (κ2) is 6.30. The molecule has 1 fully saturated rings. The number of hydrogen-bond acceptors (Lipinski definition) is 3. The fourth-order valence-electron chi connectivity index (χ4n) is 2.75. The summed E-state index contributed by atoms with van der Waals surface area (Å²) in [6.07, 6.45) is 2.69. The van der Waals surface area contributed by atoms with E-state index in [9.17, 15) is 0 Å². The van der Waals surface area contributed by atoms with Crippen LogP contribution in [0, 0.1) is 5.92 Å². The first kappa shape index (κ1) is 13.5. The van der Waals surface area contributed by atoms with Crippen molar-refractivity contribution in [3.05, 3.63) is 29.6 Å². The number of aromatic nitrogens is 1. The van der Waals surface area contributed by atoms with Crippen molar-refractivity contribution in [1.82, 2.24) is 15.2 Å². The standard InChI is InChI=1S/C15H25N3/c1-12-6-5-9-18(13(12)2)11-15-8-4-7-14(17-15)10-16-3/h4,7-8,12-13,16H,5-6,9-11H2,1-3H3. The second-order valence-electron chi connectivity index (χ2n) is 5.48. The van der Waals surface area contributed by atoms with Crippen molar-refractivity contribution < 1.29 is 0 Å². The summed E-state index contributed by atoms with van der Waals surface area (Å²) in [7, 11) is 1.96. The van der Waals surface area contributed by atoms with Gasteiger partial charge in [-0.05, 0) is 51.4 Å². The molecule has 1 N–H and O–H groups in total. The normalized spacial score (nSPS) is 25.3. The number of pyridine rings is 1. The van der Waals surface area contributed by atoms with E-state index in [2.05, 4.69) is 42.3 Å². The summed E-state index contributed by atoms with van der Waals surface area (Å²) < 4.78 is 0. The molecule has 0 bridgehead atoms. The van der Waals surface area contributed by atoms with E-state index in [1.807, 2.05) is 7.05 Å². The van der Waals surface area contributed by atoms with E-state index in [0.717, 1.165) is 24.7 Å². The molecule has 1 saturated heterocycles. The van der Waals surface area contributed by atoms with E-state index in [0.29, 0.717) is 6.04 Å². The fraction of sp³-hybridized carbons (Fsp3) is 0.667. The lowest BCUT2D eigenvalue weighted by molar-refractivity contribution is 0.105. The van der Waals surface area contributed by atoms with Crippen LogP contribution in [0.15, 0.2) is 18.2 Å². The van der Waals surface area contributed by atoms with Gasteiger partial charge in [0, 0.05) is 19.1 Å². The second-order valence-corrected chi connectivity index (χ2v) is 5.48. The molecule has 0 saturated carbocycles. The summed E-state index contributed by atoms with van der Waals surface area (Å²) in [6.45, 7) is 7.76. The molecule has 1 aliphatic heterocycles. The molecular weight excluding hydrogens is 222 g/mol. The Morgan fingerprint density at radius 1 is 1.33 bits per heavy atom. The largest absolute Gasteiger partial charge is 0.314 e. The van der Waals surface area contributed by atoms with Crippen molar-refractivity contribution in [1.29, 1.82) is 0 Å². The number of nitrogens with one attached hydrogen (secondary N) is 1. The lowest BCUT2D eigenvalue weighted by atomic mass is 9.92. The summed E-state index contributed by atoms with van der Waals surface area (Å²) in [5.41, 5.74) is 2.33. The van der Waals surface area contributed by atoms with Gasteiger partial charge in [0.1, 0.15) is 0 Å². The molecule has 0 aromatic carbocycles. The highest BCUT2D eigenvalue weighted by atomic mass is 15.2. The van der Waals surface area contributed by atoms with Crippen molar-refractivity contribution in [2.75, 3.05) is 13.6 Å². The number of likely N-dealkylation sites (tertiary alicyclic amines) is 1. The summed E-state index contributed by atoms with van der Waals surface area (Å²) in [4.78, 5) is 7.28. The summed E-state index contributed by atoms with van der Waals surface area (Å²) in [5.74, 6) is 0.805. The van der Waals surface area contributed by atoms with Crippen molar-refractivity contribution in [2.45, 2.75) is 45.8 Å². The van der Waals surface area contributed by atoms with Crippen LogP contribution in [-0.2, 0) is 13.1 Å². The van der Waals surface area contributed by atoms with Gasteiger partial charge in [-0.15, -0.1) is 0 Å². The molecule has 0 aliphatic carbocycles. The van der Waals surface area contributed by atoms with Crippen LogP contribution >= 0.6 is 0 Å². The van der Waals surface area contributed by atoms with Crippen LogP contribution in [0.5, 0.6) is 0 Å². The van der Waals surface area contributed by atoms with Gasteiger partial charge in [-0.25, -0.2) is 0 Å². The Kier molecular flexibility index (Phi) is 4.72. The lowest BCUT2D eigenvalue weighted by Crippen LogP contribution is -2.41. The molecule has 1 aliphatic rings. The van der Waals surface area contributed by atoms with Crippen molar-refractivity contribution in [3.8, 4) is 0 Å². The van der Waals surface area contributed by atoms with Gasteiger partial charge in [0.2, 0.25) is 0 Å². The zero-order valence-corrected chi connectivity index (χ0v) is 11.8. The van der Waals surface area contributed by atoms with Gasteiger partial charge < -0.3 is 5.32 Å². The molecule has 3 nitrogen and oxygen atoms in total. The number of hydrogen-bond donors (Lipinski definition) is 1. The Morgan fingerprint density at radius 3 is 2.89 bits per heavy atom. The third-order valence-corrected chi connectivity index (χ3v) is 4.09. The van der Waals surface area contributed by atoms with Gasteiger partial charge in [-0.3, -0.25) is 9.88 Å². The van der Waals surface area contributed by atoms with E-state index in [1.54, 1.807) is 0 Å². The minimum atomic E-state index is 0.675. The van der Waals surface area contributed by atoms with Crippen LogP contribution in [-0.4, -0.2) is 29.5 Å². The maximum Gasteiger partial charge on any atom is 0.0547 e. The molecule has 18 heavy (non-hydrogen) atoms. The van der Waals surface area contributed by atoms with Crippen LogP contribution in [0.3, 0.4) is 0 Å². The van der Waals surface area contributed by atoms with Gasteiger partial charge in [-0.2, -0.15) is 0 Å². The van der Waals surface area contributed by atoms with Crippen LogP contribution in [0.1, 0.15) is 38.1 Å².